The topological polar surface area (TPSA) is 49.9 Å². The monoisotopic (exact) mass is 280 g/mol. The predicted octanol–water partition coefficient (Wildman–Crippen LogP) is 1.03. The third-order valence-electron chi connectivity index (χ3n) is 5.07. The van der Waals surface area contributed by atoms with Crippen LogP contribution in [0.2, 0.25) is 0 Å². The minimum Gasteiger partial charge on any atom is -0.385 e. The van der Waals surface area contributed by atoms with Gasteiger partial charge in [0, 0.05) is 26.8 Å². The maximum absolute atomic E-state index is 12.6. The second kappa shape index (κ2) is 5.35. The Morgan fingerprint density at radius 1 is 1.30 bits per heavy atom. The van der Waals surface area contributed by atoms with Gasteiger partial charge < -0.3 is 14.5 Å². The Balaban J connectivity index is 1.65. The van der Waals surface area contributed by atoms with E-state index in [1.165, 1.54) is 0 Å². The number of piperazine rings is 1. The molecule has 1 saturated carbocycles. The summed E-state index contributed by atoms with van der Waals surface area (Å²) in [6, 6.07) is -0.178. The van der Waals surface area contributed by atoms with Crippen LogP contribution in [0.3, 0.4) is 0 Å². The number of rotatable bonds is 5. The summed E-state index contributed by atoms with van der Waals surface area (Å²) < 4.78 is 5.16. The first-order chi connectivity index (χ1) is 9.65. The highest BCUT2D eigenvalue weighted by Gasteiger charge is 2.48. The molecule has 0 bridgehead atoms. The van der Waals surface area contributed by atoms with Crippen molar-refractivity contribution < 1.29 is 14.3 Å². The molecule has 0 spiro atoms. The number of hydrogen-bond acceptors (Lipinski definition) is 3. The molecule has 0 radical (unpaired) electrons. The fourth-order valence-corrected chi connectivity index (χ4v) is 3.55. The minimum absolute atomic E-state index is 0.136. The Labute approximate surface area is 120 Å². The molecule has 2 saturated heterocycles. The molecule has 20 heavy (non-hydrogen) atoms. The zero-order valence-corrected chi connectivity index (χ0v) is 12.3. The maximum atomic E-state index is 12.6. The van der Waals surface area contributed by atoms with E-state index in [-0.39, 0.29) is 29.8 Å². The zero-order chi connectivity index (χ0) is 14.2. The highest BCUT2D eigenvalue weighted by atomic mass is 16.5. The van der Waals surface area contributed by atoms with E-state index < -0.39 is 0 Å². The molecule has 2 heterocycles. The molecule has 2 aliphatic heterocycles. The zero-order valence-electron chi connectivity index (χ0n) is 12.3. The fourth-order valence-electron chi connectivity index (χ4n) is 3.55. The number of nitrogens with zero attached hydrogens (tertiary/aromatic N) is 2. The van der Waals surface area contributed by atoms with Crippen LogP contribution in [0.25, 0.3) is 0 Å². The van der Waals surface area contributed by atoms with Crippen LogP contribution in [-0.2, 0) is 14.3 Å². The van der Waals surface area contributed by atoms with Gasteiger partial charge in [-0.2, -0.15) is 0 Å². The quantitative estimate of drug-likeness (QED) is 0.755. The molecule has 0 aromatic carbocycles. The van der Waals surface area contributed by atoms with Crippen molar-refractivity contribution in [3.05, 3.63) is 0 Å². The van der Waals surface area contributed by atoms with E-state index in [2.05, 4.69) is 0 Å². The Morgan fingerprint density at radius 3 is 2.80 bits per heavy atom. The lowest BCUT2D eigenvalue weighted by molar-refractivity contribution is -0.158. The van der Waals surface area contributed by atoms with E-state index in [0.717, 1.165) is 58.2 Å². The summed E-state index contributed by atoms with van der Waals surface area (Å²) in [5.74, 6) is 0.310. The highest BCUT2D eigenvalue weighted by molar-refractivity contribution is 5.95. The highest BCUT2D eigenvalue weighted by Crippen LogP contribution is 2.49. The molecule has 3 rings (SSSR count). The van der Waals surface area contributed by atoms with E-state index >= 15 is 0 Å². The molecule has 5 heteroatoms. The molecule has 1 aliphatic carbocycles. The normalized spacial score (nSPS) is 28.6. The van der Waals surface area contributed by atoms with Gasteiger partial charge in [0.2, 0.25) is 11.8 Å². The summed E-state index contributed by atoms with van der Waals surface area (Å²) in [4.78, 5) is 28.4. The van der Waals surface area contributed by atoms with Crippen LogP contribution >= 0.6 is 0 Å². The van der Waals surface area contributed by atoms with Gasteiger partial charge in [0.15, 0.2) is 0 Å². The second-order valence-corrected chi connectivity index (χ2v) is 6.54. The van der Waals surface area contributed by atoms with E-state index in [9.17, 15) is 9.59 Å². The Morgan fingerprint density at radius 2 is 2.10 bits per heavy atom. The van der Waals surface area contributed by atoms with Crippen molar-refractivity contribution in [2.75, 3.05) is 33.4 Å². The van der Waals surface area contributed by atoms with Gasteiger partial charge in [-0.1, -0.05) is 0 Å². The lowest BCUT2D eigenvalue weighted by Crippen LogP contribution is -2.62. The molecule has 1 atom stereocenters. The number of hydrogen-bond donors (Lipinski definition) is 0. The van der Waals surface area contributed by atoms with Crippen molar-refractivity contribution in [3.8, 4) is 0 Å². The van der Waals surface area contributed by atoms with Crippen molar-refractivity contribution in [1.29, 1.82) is 0 Å². The minimum atomic E-state index is -0.178. The summed E-state index contributed by atoms with van der Waals surface area (Å²) in [5, 5.41) is 0. The first-order valence-corrected chi connectivity index (χ1v) is 7.72. The average molecular weight is 280 g/mol. The first-order valence-electron chi connectivity index (χ1n) is 7.72. The Hall–Kier alpha value is -1.10. The SMILES string of the molecule is COCCC1(CN2CC(=O)N3CCCCC3C2=O)CC1. The van der Waals surface area contributed by atoms with Crippen molar-refractivity contribution in [3.63, 3.8) is 0 Å². The van der Waals surface area contributed by atoms with E-state index in [1.54, 1.807) is 12.0 Å². The van der Waals surface area contributed by atoms with Gasteiger partial charge >= 0.3 is 0 Å². The summed E-state index contributed by atoms with van der Waals surface area (Å²) in [6.45, 7) is 2.53. The summed E-state index contributed by atoms with van der Waals surface area (Å²) in [6.07, 6.45) is 6.24. The molecule has 2 amide bonds. The van der Waals surface area contributed by atoms with Crippen molar-refractivity contribution in [2.45, 2.75) is 44.6 Å². The van der Waals surface area contributed by atoms with Crippen LogP contribution in [0.4, 0.5) is 0 Å². The van der Waals surface area contributed by atoms with Gasteiger partial charge in [0.1, 0.15) is 6.04 Å². The average Bonchev–Trinajstić information content (AvgIpc) is 3.22. The predicted molar refractivity (Wildman–Crippen MR) is 74.1 cm³/mol. The molecular weight excluding hydrogens is 256 g/mol. The van der Waals surface area contributed by atoms with Gasteiger partial charge in [-0.15, -0.1) is 0 Å². The molecule has 112 valence electrons. The van der Waals surface area contributed by atoms with Crippen LogP contribution < -0.4 is 0 Å². The maximum Gasteiger partial charge on any atom is 0.245 e. The van der Waals surface area contributed by atoms with Crippen molar-refractivity contribution >= 4 is 11.8 Å². The molecule has 5 nitrogen and oxygen atoms in total. The smallest absolute Gasteiger partial charge is 0.245 e. The Kier molecular flexibility index (Phi) is 3.71. The van der Waals surface area contributed by atoms with Gasteiger partial charge in [0.25, 0.3) is 0 Å². The number of ether oxygens (including phenoxy) is 1. The second-order valence-electron chi connectivity index (χ2n) is 6.54. The van der Waals surface area contributed by atoms with Gasteiger partial charge in [0.05, 0.1) is 6.54 Å². The molecule has 1 unspecified atom stereocenters. The molecule has 3 fully saturated rings. The van der Waals surface area contributed by atoms with Crippen molar-refractivity contribution in [1.82, 2.24) is 9.80 Å². The number of carbonyl (C=O) groups excluding carboxylic acids is 2. The first kappa shape index (κ1) is 13.9. The van der Waals surface area contributed by atoms with Crippen LogP contribution in [-0.4, -0.2) is 61.0 Å². The van der Waals surface area contributed by atoms with Crippen LogP contribution in [0.15, 0.2) is 0 Å². The number of carbonyl (C=O) groups is 2. The van der Waals surface area contributed by atoms with E-state index in [4.69, 9.17) is 4.74 Å². The lowest BCUT2D eigenvalue weighted by Gasteiger charge is -2.43. The van der Waals surface area contributed by atoms with Crippen molar-refractivity contribution in [2.24, 2.45) is 5.41 Å². The van der Waals surface area contributed by atoms with E-state index in [0.29, 0.717) is 0 Å². The molecule has 0 aromatic heterocycles. The van der Waals surface area contributed by atoms with Gasteiger partial charge in [-0.3, -0.25) is 9.59 Å². The number of methoxy groups -OCH3 is 1. The molecular formula is C15H24N2O3. The van der Waals surface area contributed by atoms with Crippen LogP contribution in [0, 0.1) is 5.41 Å². The number of amides is 2. The molecule has 0 N–H and O–H groups in total. The standard InChI is InChI=1S/C15H24N2O3/c1-20-9-7-15(5-6-15)11-16-10-13(18)17-8-3-2-4-12(17)14(16)19/h12H,2-11H2,1H3. The summed E-state index contributed by atoms with van der Waals surface area (Å²) >= 11 is 0. The van der Waals surface area contributed by atoms with Gasteiger partial charge in [-0.25, -0.2) is 0 Å². The summed E-state index contributed by atoms with van der Waals surface area (Å²) in [7, 11) is 1.71. The lowest BCUT2D eigenvalue weighted by atomic mass is 9.96. The Bertz CT molecular complexity index is 406. The van der Waals surface area contributed by atoms with Crippen LogP contribution in [0.1, 0.15) is 38.5 Å². The van der Waals surface area contributed by atoms with E-state index in [1.807, 2.05) is 4.90 Å². The third kappa shape index (κ3) is 2.55. The number of fused-ring (bicyclic) bond motifs is 1. The van der Waals surface area contributed by atoms with Gasteiger partial charge in [-0.05, 0) is 43.9 Å². The third-order valence-corrected chi connectivity index (χ3v) is 5.07. The number of piperidine rings is 1. The fraction of sp³-hybridized carbons (Fsp3) is 0.867. The largest absolute Gasteiger partial charge is 0.385 e. The molecule has 0 aromatic rings. The molecule has 3 aliphatic rings. The van der Waals surface area contributed by atoms with Crippen LogP contribution in [0.5, 0.6) is 0 Å². The summed E-state index contributed by atoms with van der Waals surface area (Å²) in [5.41, 5.74) is 0.225.